The van der Waals surface area contributed by atoms with Gasteiger partial charge in [-0.05, 0) is 57.3 Å². The number of unbranched alkanes of at least 4 members (excludes halogenated alkanes) is 47. The molecule has 0 spiro atoms. The van der Waals surface area contributed by atoms with Crippen LogP contribution in [0.25, 0.3) is 0 Å². The van der Waals surface area contributed by atoms with Crippen molar-refractivity contribution in [3.05, 3.63) is 24.3 Å². The highest BCUT2D eigenvalue weighted by Gasteiger charge is 2.30. The summed E-state index contributed by atoms with van der Waals surface area (Å²) in [6, 6.07) is 0. The van der Waals surface area contributed by atoms with Gasteiger partial charge in [0.15, 0.2) is 12.2 Å². The molecule has 17 nitrogen and oxygen atoms in total. The van der Waals surface area contributed by atoms with Gasteiger partial charge in [-0.2, -0.15) is 0 Å². The van der Waals surface area contributed by atoms with Gasteiger partial charge in [-0.15, -0.1) is 0 Å². The molecule has 0 aromatic rings. The van der Waals surface area contributed by atoms with E-state index in [4.69, 9.17) is 37.0 Å². The van der Waals surface area contributed by atoms with Crippen LogP contribution < -0.4 is 0 Å². The highest BCUT2D eigenvalue weighted by molar-refractivity contribution is 7.47. The van der Waals surface area contributed by atoms with Gasteiger partial charge in [-0.3, -0.25) is 37.3 Å². The highest BCUT2D eigenvalue weighted by atomic mass is 31.2. The standard InChI is InChI=1S/C80H152O17P2/c1-6-9-12-15-18-21-24-27-30-31-32-33-34-37-40-43-46-49-56-61-65-79(84)96-75(69-90-77(82)63-58-53-47-44-41-38-35-28-25-22-19-16-13-10-7-2)71-94-98(86,87)92-67-74(81)68-93-99(88,89)95-72-76(70-91-78(83)64-59-54-51-50-52-57-62-73(4)5)97-80(85)66-60-55-48-45-42-39-36-29-26-23-20-17-14-11-8-3/h22,25,28,35,73-76,81H,6-21,23-24,26-27,29-34,36-72H2,1-5H3,(H,86,87)(H,88,89)/b25-22-,35-28-/t74-,75-,76-/m1/s1. The Bertz CT molecular complexity index is 1990. The van der Waals surface area contributed by atoms with E-state index in [1.807, 2.05) is 0 Å². The van der Waals surface area contributed by atoms with Crippen molar-refractivity contribution in [3.63, 3.8) is 0 Å². The average Bonchev–Trinajstić information content (AvgIpc) is 1.14. The first-order chi connectivity index (χ1) is 48.0. The molecule has 0 amide bonds. The van der Waals surface area contributed by atoms with E-state index in [0.717, 1.165) is 116 Å². The Morgan fingerprint density at radius 2 is 0.545 bits per heavy atom. The van der Waals surface area contributed by atoms with Gasteiger partial charge in [-0.25, -0.2) is 9.13 Å². The summed E-state index contributed by atoms with van der Waals surface area (Å²) >= 11 is 0. The zero-order chi connectivity index (χ0) is 72.7. The Kier molecular flexibility index (Phi) is 70.7. The Morgan fingerprint density at radius 3 is 0.828 bits per heavy atom. The van der Waals surface area contributed by atoms with Crippen LogP contribution in [0, 0.1) is 5.92 Å². The first kappa shape index (κ1) is 96.5. The monoisotopic (exact) mass is 1450 g/mol. The second-order valence-corrected chi connectivity index (χ2v) is 31.5. The van der Waals surface area contributed by atoms with E-state index < -0.39 is 97.5 Å². The summed E-state index contributed by atoms with van der Waals surface area (Å²) in [5, 5.41) is 10.6. The van der Waals surface area contributed by atoms with Crippen molar-refractivity contribution in [2.75, 3.05) is 39.6 Å². The number of aliphatic hydroxyl groups is 1. The van der Waals surface area contributed by atoms with Gasteiger partial charge in [-0.1, -0.05) is 348 Å². The molecular weight excluding hydrogens is 1290 g/mol. The van der Waals surface area contributed by atoms with Gasteiger partial charge in [0.25, 0.3) is 0 Å². The first-order valence-corrected chi connectivity index (χ1v) is 43.9. The van der Waals surface area contributed by atoms with Gasteiger partial charge in [0.1, 0.15) is 19.3 Å². The SMILES string of the molecule is CCCCCC/C=C\C=C/CCCCCCCC(=O)OC[C@H](COP(=O)(O)OC[C@@H](O)COP(=O)(O)OC[C@@H](COC(=O)CCCCCCCCC(C)C)OC(=O)CCCCCCCCCCCCCCCCC)OC(=O)CCCCCCCCCCCCCCCCCCCCCC. The second kappa shape index (κ2) is 72.5. The number of phosphoric acid groups is 2. The summed E-state index contributed by atoms with van der Waals surface area (Å²) in [5.41, 5.74) is 0. The third kappa shape index (κ3) is 73.6. The number of hydrogen-bond acceptors (Lipinski definition) is 15. The molecule has 99 heavy (non-hydrogen) atoms. The van der Waals surface area contributed by atoms with Crippen LogP contribution in [0.1, 0.15) is 401 Å². The maximum atomic E-state index is 13.1. The lowest BCUT2D eigenvalue weighted by molar-refractivity contribution is -0.161. The molecule has 19 heteroatoms. The fraction of sp³-hybridized carbons (Fsp3) is 0.900. The third-order valence-electron chi connectivity index (χ3n) is 18.2. The van der Waals surface area contributed by atoms with Crippen molar-refractivity contribution < 1.29 is 80.2 Å². The Labute approximate surface area is 605 Å². The largest absolute Gasteiger partial charge is 0.472 e. The van der Waals surface area contributed by atoms with Crippen molar-refractivity contribution in [1.29, 1.82) is 0 Å². The molecule has 0 aromatic heterocycles. The molecule has 3 N–H and O–H groups in total. The predicted octanol–water partition coefficient (Wildman–Crippen LogP) is 23.6. The van der Waals surface area contributed by atoms with E-state index in [1.165, 1.54) is 199 Å². The summed E-state index contributed by atoms with van der Waals surface area (Å²) in [4.78, 5) is 72.9. The lowest BCUT2D eigenvalue weighted by Gasteiger charge is -2.21. The van der Waals surface area contributed by atoms with E-state index in [1.54, 1.807) is 0 Å². The minimum atomic E-state index is -4.97. The lowest BCUT2D eigenvalue weighted by Crippen LogP contribution is -2.30. The van der Waals surface area contributed by atoms with E-state index in [9.17, 15) is 43.2 Å². The Balaban J connectivity index is 5.24. The molecule has 0 saturated heterocycles. The molecule has 0 fully saturated rings. The number of phosphoric ester groups is 2. The third-order valence-corrected chi connectivity index (χ3v) is 20.1. The van der Waals surface area contributed by atoms with Crippen LogP contribution in [-0.4, -0.2) is 96.7 Å². The number of esters is 4. The average molecular weight is 1450 g/mol. The predicted molar refractivity (Wildman–Crippen MR) is 404 cm³/mol. The zero-order valence-electron chi connectivity index (χ0n) is 64.1. The fourth-order valence-electron chi connectivity index (χ4n) is 11.9. The molecule has 0 bridgehead atoms. The van der Waals surface area contributed by atoms with Crippen LogP contribution in [0.3, 0.4) is 0 Å². The second-order valence-electron chi connectivity index (χ2n) is 28.6. The molecule has 584 valence electrons. The number of carbonyl (C=O) groups excluding carboxylic acids is 4. The zero-order valence-corrected chi connectivity index (χ0v) is 65.9. The van der Waals surface area contributed by atoms with Gasteiger partial charge >= 0.3 is 39.5 Å². The molecular formula is C80H152O17P2. The van der Waals surface area contributed by atoms with Crippen LogP contribution in [0.2, 0.25) is 0 Å². The topological polar surface area (TPSA) is 237 Å². The number of rotatable bonds is 78. The molecule has 0 heterocycles. The van der Waals surface area contributed by atoms with E-state index >= 15 is 0 Å². The van der Waals surface area contributed by atoms with Crippen molar-refractivity contribution >= 4 is 39.5 Å². The van der Waals surface area contributed by atoms with E-state index in [0.29, 0.717) is 31.6 Å². The van der Waals surface area contributed by atoms with Gasteiger partial charge in [0, 0.05) is 25.7 Å². The van der Waals surface area contributed by atoms with E-state index in [-0.39, 0.29) is 25.7 Å². The van der Waals surface area contributed by atoms with Crippen molar-refractivity contribution in [1.82, 2.24) is 0 Å². The van der Waals surface area contributed by atoms with Crippen molar-refractivity contribution in [3.8, 4) is 0 Å². The molecule has 0 aliphatic heterocycles. The van der Waals surface area contributed by atoms with Gasteiger partial charge in [0.2, 0.25) is 0 Å². The number of allylic oxidation sites excluding steroid dienone is 4. The van der Waals surface area contributed by atoms with Crippen LogP contribution >= 0.6 is 15.6 Å². The molecule has 5 atom stereocenters. The van der Waals surface area contributed by atoms with Crippen LogP contribution in [-0.2, 0) is 65.4 Å². The maximum absolute atomic E-state index is 13.1. The van der Waals surface area contributed by atoms with Crippen LogP contribution in [0.15, 0.2) is 24.3 Å². The normalized spacial score (nSPS) is 14.0. The molecule has 0 aliphatic rings. The summed E-state index contributed by atoms with van der Waals surface area (Å²) in [6.07, 6.45) is 66.2. The summed E-state index contributed by atoms with van der Waals surface area (Å²) in [7, 11) is -9.93. The molecule has 2 unspecified atom stereocenters. The lowest BCUT2D eigenvalue weighted by atomic mass is 10.0. The molecule has 0 rings (SSSR count). The smallest absolute Gasteiger partial charge is 0.462 e. The van der Waals surface area contributed by atoms with Crippen molar-refractivity contribution in [2.45, 2.75) is 419 Å². The molecule has 0 radical (unpaired) electrons. The Hall–Kier alpha value is -2.46. The van der Waals surface area contributed by atoms with Gasteiger partial charge in [0.05, 0.1) is 26.4 Å². The maximum Gasteiger partial charge on any atom is 0.472 e. The fourth-order valence-corrected chi connectivity index (χ4v) is 13.4. The molecule has 0 saturated carbocycles. The van der Waals surface area contributed by atoms with Crippen molar-refractivity contribution in [2.24, 2.45) is 5.92 Å². The summed E-state index contributed by atoms with van der Waals surface area (Å²) in [5.74, 6) is -1.46. The van der Waals surface area contributed by atoms with E-state index in [2.05, 4.69) is 58.9 Å². The minimum absolute atomic E-state index is 0.102. The number of aliphatic hydroxyl groups excluding tert-OH is 1. The highest BCUT2D eigenvalue weighted by Crippen LogP contribution is 2.45. The van der Waals surface area contributed by atoms with Crippen LogP contribution in [0.5, 0.6) is 0 Å². The first-order valence-electron chi connectivity index (χ1n) is 41.0. The molecule has 0 aliphatic carbocycles. The summed E-state index contributed by atoms with van der Waals surface area (Å²) < 4.78 is 68.6. The summed E-state index contributed by atoms with van der Waals surface area (Å²) in [6.45, 7) is 7.17. The van der Waals surface area contributed by atoms with Gasteiger partial charge < -0.3 is 33.8 Å². The number of hydrogen-bond donors (Lipinski definition) is 3. The van der Waals surface area contributed by atoms with Crippen LogP contribution in [0.4, 0.5) is 0 Å². The minimum Gasteiger partial charge on any atom is -0.462 e. The Morgan fingerprint density at radius 1 is 0.313 bits per heavy atom. The molecule has 0 aromatic carbocycles. The number of carbonyl (C=O) groups is 4. The number of ether oxygens (including phenoxy) is 4. The quantitative estimate of drug-likeness (QED) is 0.0169.